The molecular weight excluding hydrogens is 404 g/mol. The molecule has 4 heterocycles. The zero-order valence-corrected chi connectivity index (χ0v) is 17.7. The van der Waals surface area contributed by atoms with Crippen LogP contribution in [-0.2, 0) is 0 Å². The van der Waals surface area contributed by atoms with Crippen LogP contribution in [0.15, 0.2) is 59.8 Å². The van der Waals surface area contributed by atoms with Gasteiger partial charge in [-0.3, -0.25) is 9.36 Å². The molecule has 0 atom stereocenters. The largest absolute Gasteiger partial charge is 0.399 e. The van der Waals surface area contributed by atoms with Crippen molar-refractivity contribution in [1.82, 2.24) is 24.8 Å². The zero-order valence-electron chi connectivity index (χ0n) is 17.7. The summed E-state index contributed by atoms with van der Waals surface area (Å²) in [7, 11) is 0. The fourth-order valence-electron chi connectivity index (χ4n) is 3.96. The molecule has 4 N–H and O–H groups in total. The lowest BCUT2D eigenvalue weighted by Crippen LogP contribution is -2.43. The first-order valence-electron chi connectivity index (χ1n) is 10.5. The molecule has 0 saturated carbocycles. The van der Waals surface area contributed by atoms with E-state index in [0.29, 0.717) is 34.0 Å². The van der Waals surface area contributed by atoms with E-state index in [1.165, 1.54) is 6.20 Å². The Labute approximate surface area is 184 Å². The van der Waals surface area contributed by atoms with Gasteiger partial charge in [0.2, 0.25) is 0 Å². The van der Waals surface area contributed by atoms with Crippen LogP contribution in [-0.4, -0.2) is 45.7 Å². The average Bonchev–Trinajstić information content (AvgIpc) is 2.80. The van der Waals surface area contributed by atoms with Crippen LogP contribution in [0.5, 0.6) is 0 Å². The summed E-state index contributed by atoms with van der Waals surface area (Å²) in [5.41, 5.74) is 10.5. The minimum Gasteiger partial charge on any atom is -0.399 e. The normalized spacial score (nSPS) is 14.0. The summed E-state index contributed by atoms with van der Waals surface area (Å²) in [5.74, 6) is 1.27. The molecule has 0 unspecified atom stereocenters. The van der Waals surface area contributed by atoms with Crippen molar-refractivity contribution in [3.63, 3.8) is 0 Å². The molecule has 9 heteroatoms. The molecule has 9 nitrogen and oxygen atoms in total. The topological polar surface area (TPSA) is 114 Å². The van der Waals surface area contributed by atoms with Gasteiger partial charge in [-0.1, -0.05) is 0 Å². The number of benzene rings is 1. The first-order valence-corrected chi connectivity index (χ1v) is 10.5. The highest BCUT2D eigenvalue weighted by Gasteiger charge is 2.14. The summed E-state index contributed by atoms with van der Waals surface area (Å²) in [5, 5.41) is 6.63. The number of hydrogen-bond acceptors (Lipinski definition) is 8. The number of nitrogens with one attached hydrogen (secondary N) is 2. The molecular formula is C23H24N8O. The molecule has 1 fully saturated rings. The third kappa shape index (κ3) is 3.85. The van der Waals surface area contributed by atoms with Gasteiger partial charge in [-0.2, -0.15) is 0 Å². The van der Waals surface area contributed by atoms with Gasteiger partial charge in [0.15, 0.2) is 0 Å². The van der Waals surface area contributed by atoms with E-state index in [1.54, 1.807) is 29.0 Å². The number of anilines is 4. The standard InChI is InChI=1S/C23H24N8O/c1-15-10-21(28-13-20(15)30-8-6-25-7-9-30)29-22-11-19-18(12-27-22)26-14-23(32)31(19)17-4-2-16(24)3-5-17/h2-5,10-14,25H,6-9,24H2,1H3,(H,27,28,29). The maximum atomic E-state index is 12.6. The molecule has 1 saturated heterocycles. The second-order valence-corrected chi connectivity index (χ2v) is 7.80. The van der Waals surface area contributed by atoms with E-state index < -0.39 is 0 Å². The molecule has 0 bridgehead atoms. The van der Waals surface area contributed by atoms with Gasteiger partial charge in [0, 0.05) is 43.6 Å². The van der Waals surface area contributed by atoms with Crippen LogP contribution in [0.4, 0.5) is 23.0 Å². The number of fused-ring (bicyclic) bond motifs is 1. The third-order valence-electron chi connectivity index (χ3n) is 5.59. The highest BCUT2D eigenvalue weighted by molar-refractivity contribution is 5.79. The van der Waals surface area contributed by atoms with E-state index in [0.717, 1.165) is 37.4 Å². The minimum absolute atomic E-state index is 0.228. The Morgan fingerprint density at radius 1 is 0.969 bits per heavy atom. The Morgan fingerprint density at radius 3 is 2.44 bits per heavy atom. The molecule has 0 spiro atoms. The molecule has 162 valence electrons. The number of aryl methyl sites for hydroxylation is 1. The van der Waals surface area contributed by atoms with Crippen molar-refractivity contribution < 1.29 is 0 Å². The van der Waals surface area contributed by atoms with Crippen molar-refractivity contribution in [2.75, 3.05) is 42.1 Å². The maximum Gasteiger partial charge on any atom is 0.274 e. The van der Waals surface area contributed by atoms with Gasteiger partial charge in [-0.15, -0.1) is 0 Å². The fourth-order valence-corrected chi connectivity index (χ4v) is 3.96. The van der Waals surface area contributed by atoms with Crippen LogP contribution >= 0.6 is 0 Å². The van der Waals surface area contributed by atoms with Crippen LogP contribution in [0.1, 0.15) is 5.56 Å². The summed E-state index contributed by atoms with van der Waals surface area (Å²) in [6.07, 6.45) is 4.84. The molecule has 1 aliphatic heterocycles. The SMILES string of the molecule is Cc1cc(Nc2cc3c(cn2)ncc(=O)n3-c2ccc(N)cc2)ncc1N1CCNCC1. The molecule has 3 aromatic heterocycles. The van der Waals surface area contributed by atoms with E-state index >= 15 is 0 Å². The number of nitrogen functional groups attached to an aromatic ring is 1. The van der Waals surface area contributed by atoms with Crippen molar-refractivity contribution in [2.24, 2.45) is 0 Å². The van der Waals surface area contributed by atoms with Gasteiger partial charge >= 0.3 is 0 Å². The number of piperazine rings is 1. The molecule has 0 radical (unpaired) electrons. The van der Waals surface area contributed by atoms with Gasteiger partial charge in [0.25, 0.3) is 5.56 Å². The van der Waals surface area contributed by atoms with Crippen molar-refractivity contribution >= 4 is 34.0 Å². The van der Waals surface area contributed by atoms with Crippen LogP contribution in [0.3, 0.4) is 0 Å². The number of pyridine rings is 2. The molecule has 32 heavy (non-hydrogen) atoms. The van der Waals surface area contributed by atoms with Crippen LogP contribution in [0.25, 0.3) is 16.7 Å². The first-order chi connectivity index (χ1) is 15.6. The van der Waals surface area contributed by atoms with E-state index in [4.69, 9.17) is 5.73 Å². The fraction of sp³-hybridized carbons (Fsp3) is 0.217. The Balaban J connectivity index is 1.49. The van der Waals surface area contributed by atoms with Gasteiger partial charge in [0.05, 0.1) is 29.8 Å². The molecule has 4 aromatic rings. The number of nitrogens with zero attached hydrogens (tertiary/aromatic N) is 5. The maximum absolute atomic E-state index is 12.6. The number of hydrogen-bond donors (Lipinski definition) is 3. The van der Waals surface area contributed by atoms with E-state index in [9.17, 15) is 4.79 Å². The van der Waals surface area contributed by atoms with Crippen LogP contribution < -0.4 is 26.8 Å². The molecule has 5 rings (SSSR count). The van der Waals surface area contributed by atoms with Crippen molar-refractivity contribution in [3.05, 3.63) is 70.9 Å². The third-order valence-corrected chi connectivity index (χ3v) is 5.59. The summed E-state index contributed by atoms with van der Waals surface area (Å²) in [4.78, 5) is 28.2. The molecule has 0 aliphatic carbocycles. The van der Waals surface area contributed by atoms with Crippen molar-refractivity contribution in [1.29, 1.82) is 0 Å². The zero-order chi connectivity index (χ0) is 22.1. The molecule has 1 aliphatic rings. The second-order valence-electron chi connectivity index (χ2n) is 7.80. The molecule has 1 aromatic carbocycles. The van der Waals surface area contributed by atoms with Crippen molar-refractivity contribution in [3.8, 4) is 5.69 Å². The highest BCUT2D eigenvalue weighted by Crippen LogP contribution is 2.24. The number of nitrogens with two attached hydrogens (primary N) is 1. The van der Waals surface area contributed by atoms with E-state index in [-0.39, 0.29) is 5.56 Å². The first kappa shape index (κ1) is 20.0. The van der Waals surface area contributed by atoms with Crippen molar-refractivity contribution in [2.45, 2.75) is 6.92 Å². The predicted molar refractivity (Wildman–Crippen MR) is 127 cm³/mol. The predicted octanol–water partition coefficient (Wildman–Crippen LogP) is 2.22. The summed E-state index contributed by atoms with van der Waals surface area (Å²) < 4.78 is 1.60. The van der Waals surface area contributed by atoms with Gasteiger partial charge in [-0.25, -0.2) is 15.0 Å². The second kappa shape index (κ2) is 8.27. The Hall–Kier alpha value is -3.98. The Morgan fingerprint density at radius 2 is 1.69 bits per heavy atom. The summed E-state index contributed by atoms with van der Waals surface area (Å²) >= 11 is 0. The van der Waals surface area contributed by atoms with Crippen LogP contribution in [0.2, 0.25) is 0 Å². The quantitative estimate of drug-likeness (QED) is 0.424. The minimum atomic E-state index is -0.228. The van der Waals surface area contributed by atoms with Gasteiger partial charge < -0.3 is 21.3 Å². The highest BCUT2D eigenvalue weighted by atomic mass is 16.1. The Kier molecular flexibility index (Phi) is 5.16. The monoisotopic (exact) mass is 428 g/mol. The summed E-state index contributed by atoms with van der Waals surface area (Å²) in [6, 6.07) is 11.0. The molecule has 0 amide bonds. The number of rotatable bonds is 4. The lowest BCUT2D eigenvalue weighted by atomic mass is 10.2. The van der Waals surface area contributed by atoms with Gasteiger partial charge in [-0.05, 0) is 42.8 Å². The van der Waals surface area contributed by atoms with Gasteiger partial charge in [0.1, 0.15) is 17.2 Å². The smallest absolute Gasteiger partial charge is 0.274 e. The summed E-state index contributed by atoms with van der Waals surface area (Å²) in [6.45, 7) is 5.98. The Bertz CT molecular complexity index is 1330. The van der Waals surface area contributed by atoms with E-state index in [2.05, 4.69) is 37.4 Å². The lowest BCUT2D eigenvalue weighted by Gasteiger charge is -2.30. The lowest BCUT2D eigenvalue weighted by molar-refractivity contribution is 0.588. The average molecular weight is 429 g/mol. The van der Waals surface area contributed by atoms with E-state index in [1.807, 2.05) is 24.4 Å². The number of aromatic nitrogens is 4. The van der Waals surface area contributed by atoms with Crippen LogP contribution in [0, 0.1) is 6.92 Å².